The molecule has 18 heavy (non-hydrogen) atoms. The molecule has 0 fully saturated rings. The highest BCUT2D eigenvalue weighted by atomic mass is 31.3. The highest BCUT2D eigenvalue weighted by Gasteiger charge is 2.34. The van der Waals surface area contributed by atoms with Gasteiger partial charge >= 0.3 is 15.6 Å². The van der Waals surface area contributed by atoms with Crippen LogP contribution in [0.25, 0.3) is 0 Å². The van der Waals surface area contributed by atoms with E-state index < -0.39 is 15.6 Å². The largest absolute Gasteiger partial charge is 0.483 e. The summed E-state index contributed by atoms with van der Waals surface area (Å²) in [6, 6.07) is 0. The van der Waals surface area contributed by atoms with Crippen molar-refractivity contribution < 1.29 is 32.3 Å². The van der Waals surface area contributed by atoms with Crippen molar-refractivity contribution in [3.8, 4) is 0 Å². The van der Waals surface area contributed by atoms with Crippen LogP contribution >= 0.6 is 15.6 Å². The summed E-state index contributed by atoms with van der Waals surface area (Å²) in [6.45, 7) is 2.20. The normalized spacial score (nSPS) is 15.6. The molecule has 0 aromatic heterocycles. The Morgan fingerprint density at radius 3 is 2.06 bits per heavy atom. The molecule has 0 aromatic rings. The Hall–Kier alpha value is 0.260. The van der Waals surface area contributed by atoms with Crippen LogP contribution in [0.15, 0.2) is 0 Å². The number of rotatable bonds is 11. The lowest BCUT2D eigenvalue weighted by atomic mass is 10.1. The van der Waals surface area contributed by atoms with Crippen molar-refractivity contribution >= 4 is 15.6 Å². The molecule has 0 bridgehead atoms. The Bertz CT molecular complexity index is 301. The first-order valence-corrected chi connectivity index (χ1v) is 8.89. The van der Waals surface area contributed by atoms with E-state index in [0.29, 0.717) is 6.42 Å². The fraction of sp³-hybridized carbons (Fsp3) is 1.00. The molecule has 0 aromatic carbocycles. The van der Waals surface area contributed by atoms with Gasteiger partial charge in [0.2, 0.25) is 0 Å². The van der Waals surface area contributed by atoms with E-state index in [0.717, 1.165) is 32.8 Å². The molecule has 7 nitrogen and oxygen atoms in total. The van der Waals surface area contributed by atoms with Crippen molar-refractivity contribution in [1.82, 2.24) is 0 Å². The third-order valence-corrected chi connectivity index (χ3v) is 4.77. The van der Waals surface area contributed by atoms with Gasteiger partial charge < -0.3 is 9.79 Å². The van der Waals surface area contributed by atoms with Gasteiger partial charge in [0, 0.05) is 7.11 Å². The predicted octanol–water partition coefficient (Wildman–Crippen LogP) is 3.23. The zero-order valence-corrected chi connectivity index (χ0v) is 12.6. The lowest BCUT2D eigenvalue weighted by molar-refractivity contribution is 0.157. The summed E-state index contributed by atoms with van der Waals surface area (Å²) in [7, 11) is -8.02. The van der Waals surface area contributed by atoms with Crippen molar-refractivity contribution in [2.45, 2.75) is 45.4 Å². The van der Waals surface area contributed by atoms with E-state index in [2.05, 4.69) is 15.8 Å². The summed E-state index contributed by atoms with van der Waals surface area (Å²) in [5.41, 5.74) is 0. The van der Waals surface area contributed by atoms with Gasteiger partial charge in [-0.05, 0) is 6.42 Å². The zero-order valence-electron chi connectivity index (χ0n) is 10.8. The van der Waals surface area contributed by atoms with Crippen LogP contribution in [0.1, 0.15) is 45.4 Å². The summed E-state index contributed by atoms with van der Waals surface area (Å²) < 4.78 is 35.3. The van der Waals surface area contributed by atoms with Crippen LogP contribution in [0.2, 0.25) is 0 Å². The first-order valence-electron chi connectivity index (χ1n) is 5.90. The summed E-state index contributed by atoms with van der Waals surface area (Å²) in [5.74, 6) is 0. The van der Waals surface area contributed by atoms with Crippen molar-refractivity contribution in [3.05, 3.63) is 0 Å². The molecule has 0 heterocycles. The molecule has 0 amide bonds. The Labute approximate surface area is 108 Å². The van der Waals surface area contributed by atoms with Crippen LogP contribution in [-0.2, 0) is 22.5 Å². The van der Waals surface area contributed by atoms with Crippen LogP contribution in [-0.4, -0.2) is 23.5 Å². The Balaban J connectivity index is 3.80. The van der Waals surface area contributed by atoms with Gasteiger partial charge in [-0.25, -0.2) is 9.13 Å². The minimum Gasteiger partial charge on any atom is -0.302 e. The zero-order chi connectivity index (χ0) is 14.1. The standard InChI is InChI=1S/C9H22O7P2/c1-3-4-5-6-7-8-9-15-18(13,14-2)16-17(10,11)12/h3-9H2,1-2H3,(H2,10,11,12). The van der Waals surface area contributed by atoms with Gasteiger partial charge in [0.25, 0.3) is 0 Å². The molecule has 0 spiro atoms. The maximum absolute atomic E-state index is 11.6. The fourth-order valence-electron chi connectivity index (χ4n) is 1.30. The van der Waals surface area contributed by atoms with Crippen molar-refractivity contribution in [2.24, 2.45) is 0 Å². The molecule has 2 N–H and O–H groups in total. The number of phosphoric acid groups is 2. The van der Waals surface area contributed by atoms with Gasteiger partial charge in [-0.2, -0.15) is 4.31 Å². The highest BCUT2D eigenvalue weighted by Crippen LogP contribution is 2.60. The predicted molar refractivity (Wildman–Crippen MR) is 67.1 cm³/mol. The molecular weight excluding hydrogens is 282 g/mol. The van der Waals surface area contributed by atoms with Gasteiger partial charge in [-0.3, -0.25) is 9.05 Å². The SMILES string of the molecule is CCCCCCCCOP(=O)(OC)OP(=O)(O)O. The van der Waals surface area contributed by atoms with Crippen molar-refractivity contribution in [2.75, 3.05) is 13.7 Å². The van der Waals surface area contributed by atoms with Gasteiger partial charge in [-0.1, -0.05) is 39.0 Å². The first kappa shape index (κ1) is 18.3. The van der Waals surface area contributed by atoms with Crippen LogP contribution in [0.5, 0.6) is 0 Å². The molecule has 0 aliphatic heterocycles. The van der Waals surface area contributed by atoms with E-state index in [4.69, 9.17) is 14.3 Å². The summed E-state index contributed by atoms with van der Waals surface area (Å²) in [6.07, 6.45) is 6.07. The van der Waals surface area contributed by atoms with E-state index in [1.807, 2.05) is 0 Å². The molecule has 0 aliphatic carbocycles. The maximum Gasteiger partial charge on any atom is 0.483 e. The monoisotopic (exact) mass is 304 g/mol. The number of hydrogen-bond acceptors (Lipinski definition) is 5. The molecule has 1 unspecified atom stereocenters. The average Bonchev–Trinajstić information content (AvgIpc) is 2.25. The Morgan fingerprint density at radius 2 is 1.56 bits per heavy atom. The second kappa shape index (κ2) is 9.21. The van der Waals surface area contributed by atoms with Crippen LogP contribution in [0.4, 0.5) is 0 Å². The van der Waals surface area contributed by atoms with Gasteiger partial charge in [0.05, 0.1) is 6.61 Å². The van der Waals surface area contributed by atoms with Crippen molar-refractivity contribution in [3.63, 3.8) is 0 Å². The minimum atomic E-state index is -4.89. The van der Waals surface area contributed by atoms with E-state index in [9.17, 15) is 9.13 Å². The fourth-order valence-corrected chi connectivity index (χ4v) is 3.25. The summed E-state index contributed by atoms with van der Waals surface area (Å²) >= 11 is 0. The Morgan fingerprint density at radius 1 is 1.00 bits per heavy atom. The quantitative estimate of drug-likeness (QED) is 0.446. The molecular formula is C9H22O7P2. The maximum atomic E-state index is 11.6. The molecule has 0 rings (SSSR count). The molecule has 110 valence electrons. The second-order valence-corrected chi connectivity index (χ2v) is 6.96. The van der Waals surface area contributed by atoms with Gasteiger partial charge in [-0.15, -0.1) is 0 Å². The van der Waals surface area contributed by atoms with E-state index in [1.165, 1.54) is 6.42 Å². The minimum absolute atomic E-state index is 0.0806. The lowest BCUT2D eigenvalue weighted by Crippen LogP contribution is -1.98. The molecule has 0 saturated heterocycles. The lowest BCUT2D eigenvalue weighted by Gasteiger charge is -2.15. The second-order valence-electron chi connectivity index (χ2n) is 3.80. The highest BCUT2D eigenvalue weighted by molar-refractivity contribution is 7.61. The smallest absolute Gasteiger partial charge is 0.302 e. The van der Waals surface area contributed by atoms with Crippen LogP contribution in [0, 0.1) is 0 Å². The summed E-state index contributed by atoms with van der Waals surface area (Å²) in [5, 5.41) is 0. The molecule has 0 saturated carbocycles. The third kappa shape index (κ3) is 10.2. The average molecular weight is 304 g/mol. The number of hydrogen-bond donors (Lipinski definition) is 2. The Kier molecular flexibility index (Phi) is 9.34. The molecule has 0 aliphatic rings. The first-order chi connectivity index (χ1) is 8.33. The summed E-state index contributed by atoms with van der Waals surface area (Å²) in [4.78, 5) is 17.1. The topological polar surface area (TPSA) is 102 Å². The van der Waals surface area contributed by atoms with E-state index in [-0.39, 0.29) is 6.61 Å². The molecule has 9 heteroatoms. The molecule has 1 atom stereocenters. The van der Waals surface area contributed by atoms with Gasteiger partial charge in [0.1, 0.15) is 0 Å². The third-order valence-electron chi connectivity index (χ3n) is 2.18. The van der Waals surface area contributed by atoms with Crippen LogP contribution < -0.4 is 0 Å². The number of phosphoric ester groups is 1. The van der Waals surface area contributed by atoms with E-state index >= 15 is 0 Å². The van der Waals surface area contributed by atoms with Gasteiger partial charge in [0.15, 0.2) is 0 Å². The number of unbranched alkanes of at least 4 members (excludes halogenated alkanes) is 5. The van der Waals surface area contributed by atoms with Crippen molar-refractivity contribution in [1.29, 1.82) is 0 Å². The molecule has 0 radical (unpaired) electrons. The van der Waals surface area contributed by atoms with Crippen LogP contribution in [0.3, 0.4) is 0 Å². The van der Waals surface area contributed by atoms with E-state index in [1.54, 1.807) is 0 Å².